The fourth-order valence-corrected chi connectivity index (χ4v) is 1.89. The summed E-state index contributed by atoms with van der Waals surface area (Å²) in [4.78, 5) is 11.7. The molecule has 1 amide bonds. The van der Waals surface area contributed by atoms with Gasteiger partial charge in [0.1, 0.15) is 0 Å². The topological polar surface area (TPSA) is 64.4 Å². The number of carbonyl (C=O) groups excluding carboxylic acids is 1. The van der Waals surface area contributed by atoms with E-state index < -0.39 is 0 Å². The SMILES string of the molecule is CC(C)CCNC(=O)C(N)C1CCOCC1.Cl. The summed E-state index contributed by atoms with van der Waals surface area (Å²) in [6, 6.07) is -0.365. The summed E-state index contributed by atoms with van der Waals surface area (Å²) in [6.07, 6.45) is 2.81. The van der Waals surface area contributed by atoms with Gasteiger partial charge in [-0.3, -0.25) is 4.79 Å². The molecule has 102 valence electrons. The Balaban J connectivity index is 0.00000256. The molecule has 1 fully saturated rings. The maximum Gasteiger partial charge on any atom is 0.237 e. The standard InChI is InChI=1S/C12H24N2O2.ClH/c1-9(2)3-6-14-12(15)11(13)10-4-7-16-8-5-10;/h9-11H,3-8,13H2,1-2H3,(H,14,15);1H. The van der Waals surface area contributed by atoms with Crippen molar-refractivity contribution >= 4 is 18.3 Å². The van der Waals surface area contributed by atoms with E-state index >= 15 is 0 Å². The van der Waals surface area contributed by atoms with Crippen LogP contribution in [0.2, 0.25) is 0 Å². The number of hydrogen-bond donors (Lipinski definition) is 2. The first-order chi connectivity index (χ1) is 7.61. The quantitative estimate of drug-likeness (QED) is 0.787. The van der Waals surface area contributed by atoms with Gasteiger partial charge >= 0.3 is 0 Å². The van der Waals surface area contributed by atoms with Crippen LogP contribution in [0.1, 0.15) is 33.1 Å². The highest BCUT2D eigenvalue weighted by Gasteiger charge is 2.26. The van der Waals surface area contributed by atoms with E-state index in [0.717, 1.165) is 39.0 Å². The summed E-state index contributed by atoms with van der Waals surface area (Å²) in [6.45, 7) is 6.48. The number of nitrogens with one attached hydrogen (secondary N) is 1. The number of carbonyl (C=O) groups is 1. The molecule has 1 unspecified atom stereocenters. The van der Waals surface area contributed by atoms with Crippen LogP contribution in [-0.4, -0.2) is 31.7 Å². The average Bonchev–Trinajstić information content (AvgIpc) is 2.28. The summed E-state index contributed by atoms with van der Waals surface area (Å²) in [5.74, 6) is 0.889. The lowest BCUT2D eigenvalue weighted by Crippen LogP contribution is -2.47. The minimum Gasteiger partial charge on any atom is -0.381 e. The van der Waals surface area contributed by atoms with Gasteiger partial charge in [-0.1, -0.05) is 13.8 Å². The number of rotatable bonds is 5. The lowest BCUT2D eigenvalue weighted by Gasteiger charge is -2.26. The van der Waals surface area contributed by atoms with Crippen molar-refractivity contribution in [2.24, 2.45) is 17.6 Å². The van der Waals surface area contributed by atoms with Gasteiger partial charge < -0.3 is 15.8 Å². The third kappa shape index (κ3) is 6.24. The molecule has 3 N–H and O–H groups in total. The van der Waals surface area contributed by atoms with E-state index in [1.54, 1.807) is 0 Å². The smallest absolute Gasteiger partial charge is 0.237 e. The van der Waals surface area contributed by atoms with Crippen LogP contribution in [0.4, 0.5) is 0 Å². The molecule has 0 aromatic carbocycles. The van der Waals surface area contributed by atoms with Gasteiger partial charge in [-0.15, -0.1) is 12.4 Å². The van der Waals surface area contributed by atoms with Gasteiger partial charge in [-0.25, -0.2) is 0 Å². The average molecular weight is 265 g/mol. The highest BCUT2D eigenvalue weighted by Crippen LogP contribution is 2.17. The number of amides is 1. The molecule has 1 atom stereocenters. The Kier molecular flexibility index (Phi) is 8.56. The Morgan fingerprint density at radius 2 is 2.00 bits per heavy atom. The molecule has 1 rings (SSSR count). The van der Waals surface area contributed by atoms with Crippen LogP contribution < -0.4 is 11.1 Å². The molecule has 1 aliphatic rings. The molecule has 0 aliphatic carbocycles. The van der Waals surface area contributed by atoms with Gasteiger partial charge in [0.05, 0.1) is 6.04 Å². The number of ether oxygens (including phenoxy) is 1. The fourth-order valence-electron chi connectivity index (χ4n) is 1.89. The van der Waals surface area contributed by atoms with Crippen LogP contribution in [-0.2, 0) is 9.53 Å². The number of nitrogens with two attached hydrogens (primary N) is 1. The van der Waals surface area contributed by atoms with Gasteiger partial charge in [0.15, 0.2) is 0 Å². The van der Waals surface area contributed by atoms with Gasteiger partial charge in [-0.05, 0) is 31.1 Å². The minimum atomic E-state index is -0.365. The number of halogens is 1. The highest BCUT2D eigenvalue weighted by molar-refractivity contribution is 5.85. The second-order valence-corrected chi connectivity index (χ2v) is 4.95. The third-order valence-corrected chi connectivity index (χ3v) is 3.10. The first-order valence-corrected chi connectivity index (χ1v) is 6.22. The van der Waals surface area contributed by atoms with Crippen molar-refractivity contribution in [3.8, 4) is 0 Å². The van der Waals surface area contributed by atoms with Crippen LogP contribution in [0.3, 0.4) is 0 Å². The summed E-state index contributed by atoms with van der Waals surface area (Å²) in [7, 11) is 0. The molecule has 5 heteroatoms. The molecule has 0 aromatic heterocycles. The van der Waals surface area contributed by atoms with E-state index in [0.29, 0.717) is 5.92 Å². The first kappa shape index (κ1) is 16.7. The summed E-state index contributed by atoms with van der Waals surface area (Å²) in [5, 5.41) is 2.91. The van der Waals surface area contributed by atoms with Gasteiger partial charge in [-0.2, -0.15) is 0 Å². The normalized spacial score (nSPS) is 18.6. The van der Waals surface area contributed by atoms with E-state index in [-0.39, 0.29) is 30.3 Å². The minimum absolute atomic E-state index is 0. The van der Waals surface area contributed by atoms with Gasteiger partial charge in [0.25, 0.3) is 0 Å². The molecule has 0 bridgehead atoms. The first-order valence-electron chi connectivity index (χ1n) is 6.22. The second kappa shape index (κ2) is 8.72. The van der Waals surface area contributed by atoms with Crippen LogP contribution >= 0.6 is 12.4 Å². The van der Waals surface area contributed by atoms with E-state index in [9.17, 15) is 4.79 Å². The van der Waals surface area contributed by atoms with Gasteiger partial charge in [0.2, 0.25) is 5.91 Å². The lowest BCUT2D eigenvalue weighted by molar-refractivity contribution is -0.124. The van der Waals surface area contributed by atoms with Crippen LogP contribution in [0, 0.1) is 11.8 Å². The van der Waals surface area contributed by atoms with E-state index in [4.69, 9.17) is 10.5 Å². The predicted molar refractivity (Wildman–Crippen MR) is 71.2 cm³/mol. The zero-order chi connectivity index (χ0) is 12.0. The van der Waals surface area contributed by atoms with Gasteiger partial charge in [0, 0.05) is 19.8 Å². The number of hydrogen-bond acceptors (Lipinski definition) is 3. The Hall–Kier alpha value is -0.320. The summed E-state index contributed by atoms with van der Waals surface area (Å²) >= 11 is 0. The van der Waals surface area contributed by atoms with Crippen molar-refractivity contribution in [2.45, 2.75) is 39.2 Å². The molecule has 1 saturated heterocycles. The monoisotopic (exact) mass is 264 g/mol. The van der Waals surface area contributed by atoms with Crippen molar-refractivity contribution in [1.82, 2.24) is 5.32 Å². The zero-order valence-electron chi connectivity index (χ0n) is 10.8. The maximum absolute atomic E-state index is 11.7. The molecular formula is C12H25ClN2O2. The maximum atomic E-state index is 11.7. The van der Waals surface area contributed by atoms with Crippen molar-refractivity contribution in [3.63, 3.8) is 0 Å². The fraction of sp³-hybridized carbons (Fsp3) is 0.917. The molecule has 17 heavy (non-hydrogen) atoms. The molecule has 0 radical (unpaired) electrons. The molecule has 1 heterocycles. The zero-order valence-corrected chi connectivity index (χ0v) is 11.6. The summed E-state index contributed by atoms with van der Waals surface area (Å²) < 4.78 is 5.25. The highest BCUT2D eigenvalue weighted by atomic mass is 35.5. The second-order valence-electron chi connectivity index (χ2n) is 4.95. The molecule has 0 spiro atoms. The molecule has 1 aliphatic heterocycles. The Morgan fingerprint density at radius 3 is 2.53 bits per heavy atom. The largest absolute Gasteiger partial charge is 0.381 e. The van der Waals surface area contributed by atoms with E-state index in [1.807, 2.05) is 0 Å². The Bertz CT molecular complexity index is 219. The summed E-state index contributed by atoms with van der Waals surface area (Å²) in [5.41, 5.74) is 5.94. The van der Waals surface area contributed by atoms with Crippen molar-refractivity contribution < 1.29 is 9.53 Å². The van der Waals surface area contributed by atoms with Crippen molar-refractivity contribution in [2.75, 3.05) is 19.8 Å². The van der Waals surface area contributed by atoms with Crippen molar-refractivity contribution in [3.05, 3.63) is 0 Å². The van der Waals surface area contributed by atoms with E-state index in [1.165, 1.54) is 0 Å². The molecule has 4 nitrogen and oxygen atoms in total. The van der Waals surface area contributed by atoms with Crippen LogP contribution in [0.15, 0.2) is 0 Å². The van der Waals surface area contributed by atoms with E-state index in [2.05, 4.69) is 19.2 Å². The van der Waals surface area contributed by atoms with Crippen LogP contribution in [0.25, 0.3) is 0 Å². The molecular weight excluding hydrogens is 240 g/mol. The Labute approximate surface area is 110 Å². The molecule has 0 saturated carbocycles. The van der Waals surface area contributed by atoms with Crippen LogP contribution in [0.5, 0.6) is 0 Å². The lowest BCUT2D eigenvalue weighted by atomic mass is 9.92. The molecule has 0 aromatic rings. The predicted octanol–water partition coefficient (Wildman–Crippen LogP) is 1.32. The third-order valence-electron chi connectivity index (χ3n) is 3.10. The Morgan fingerprint density at radius 1 is 1.41 bits per heavy atom. The van der Waals surface area contributed by atoms with Crippen molar-refractivity contribution in [1.29, 1.82) is 0 Å².